The number of aliphatic hydroxyl groups excluding tert-OH is 1. The molecule has 1 aliphatic rings. The fraction of sp³-hybridized carbons (Fsp3) is 0.500. The van der Waals surface area contributed by atoms with E-state index in [4.69, 9.17) is 4.74 Å². The highest BCUT2D eigenvalue weighted by Crippen LogP contribution is 2.35. The first-order valence-electron chi connectivity index (χ1n) is 10.9. The summed E-state index contributed by atoms with van der Waals surface area (Å²) >= 11 is 1.19. The molecule has 1 saturated carbocycles. The minimum absolute atomic E-state index is 0.00529. The number of aromatic nitrogens is 3. The van der Waals surface area contributed by atoms with Gasteiger partial charge in [0.05, 0.1) is 24.6 Å². The lowest BCUT2D eigenvalue weighted by molar-refractivity contribution is -0.142. The third-order valence-corrected chi connectivity index (χ3v) is 8.97. The van der Waals surface area contributed by atoms with Crippen LogP contribution in [-0.4, -0.2) is 58.5 Å². The SMILES string of the molecule is COc1ccc(-c2c(C)nc3sc(C(C)(C)C(=O)O)nn23)cc1S(=O)(=O)N[C@H]1CC[C@@H](O)CC1. The van der Waals surface area contributed by atoms with Crippen LogP contribution in [0.25, 0.3) is 16.2 Å². The van der Waals surface area contributed by atoms with Crippen LogP contribution in [-0.2, 0) is 20.2 Å². The summed E-state index contributed by atoms with van der Waals surface area (Å²) in [6.45, 7) is 4.95. The van der Waals surface area contributed by atoms with Crippen LogP contribution in [0, 0.1) is 6.92 Å². The van der Waals surface area contributed by atoms with E-state index in [9.17, 15) is 23.4 Å². The van der Waals surface area contributed by atoms with Gasteiger partial charge in [0.15, 0.2) is 0 Å². The number of imidazole rings is 1. The minimum atomic E-state index is -3.91. The number of benzene rings is 1. The zero-order valence-electron chi connectivity index (χ0n) is 19.4. The van der Waals surface area contributed by atoms with E-state index >= 15 is 0 Å². The van der Waals surface area contributed by atoms with Crippen molar-refractivity contribution in [2.24, 2.45) is 0 Å². The average molecular weight is 509 g/mol. The van der Waals surface area contributed by atoms with E-state index in [1.807, 2.05) is 0 Å². The van der Waals surface area contributed by atoms with E-state index < -0.39 is 21.4 Å². The van der Waals surface area contributed by atoms with Gasteiger partial charge < -0.3 is 14.9 Å². The quantitative estimate of drug-likeness (QED) is 0.442. The van der Waals surface area contributed by atoms with Gasteiger partial charge in [-0.15, -0.1) is 0 Å². The Hall–Kier alpha value is -2.54. The van der Waals surface area contributed by atoms with E-state index in [0.29, 0.717) is 52.6 Å². The molecule has 0 atom stereocenters. The van der Waals surface area contributed by atoms with Gasteiger partial charge in [-0.3, -0.25) is 4.79 Å². The number of nitrogens with one attached hydrogen (secondary N) is 1. The van der Waals surface area contributed by atoms with E-state index in [1.54, 1.807) is 37.4 Å². The average Bonchev–Trinajstić information content (AvgIpc) is 3.32. The van der Waals surface area contributed by atoms with Crippen LogP contribution >= 0.6 is 11.3 Å². The number of rotatable bonds is 7. The maximum Gasteiger partial charge on any atom is 0.316 e. The lowest BCUT2D eigenvalue weighted by Gasteiger charge is -2.26. The summed E-state index contributed by atoms with van der Waals surface area (Å²) in [6, 6.07) is 4.58. The number of carbonyl (C=O) groups is 1. The highest BCUT2D eigenvalue weighted by molar-refractivity contribution is 7.89. The van der Waals surface area contributed by atoms with E-state index in [2.05, 4.69) is 14.8 Å². The number of nitrogens with zero attached hydrogens (tertiary/aromatic N) is 3. The first-order chi connectivity index (χ1) is 15.9. The van der Waals surface area contributed by atoms with Gasteiger partial charge in [0.25, 0.3) is 0 Å². The number of hydrogen-bond donors (Lipinski definition) is 3. The second-order valence-corrected chi connectivity index (χ2v) is 11.7. The van der Waals surface area contributed by atoms with Gasteiger partial charge in [-0.1, -0.05) is 11.3 Å². The molecule has 3 aromatic rings. The summed E-state index contributed by atoms with van der Waals surface area (Å²) in [5.74, 6) is -0.793. The molecule has 0 aliphatic heterocycles. The van der Waals surface area contributed by atoms with Gasteiger partial charge in [0, 0.05) is 11.6 Å². The van der Waals surface area contributed by atoms with Crippen molar-refractivity contribution < 1.29 is 28.2 Å². The van der Waals surface area contributed by atoms with Gasteiger partial charge in [-0.05, 0) is 64.7 Å². The Morgan fingerprint density at radius 2 is 1.94 bits per heavy atom. The van der Waals surface area contributed by atoms with Crippen molar-refractivity contribution in [2.75, 3.05) is 7.11 Å². The zero-order valence-corrected chi connectivity index (χ0v) is 21.0. The standard InChI is InChI=1S/C22H28N4O6S2/c1-12-18(26-21(23-12)33-19(24-26)22(2,3)20(28)29)13-5-10-16(32-4)17(11-13)34(30,31)25-14-6-8-15(27)9-7-14/h5,10-11,14-15,25,27H,6-9H2,1-4H3,(H,28,29)/t14-,15+. The maximum absolute atomic E-state index is 13.3. The molecule has 0 amide bonds. The number of ether oxygens (including phenoxy) is 1. The van der Waals surface area contributed by atoms with Crippen LogP contribution < -0.4 is 9.46 Å². The Kier molecular flexibility index (Phi) is 6.44. The van der Waals surface area contributed by atoms with Crippen LogP contribution in [0.4, 0.5) is 0 Å². The Balaban J connectivity index is 1.76. The Labute approximate surface area is 201 Å². The molecule has 1 aromatic carbocycles. The molecule has 34 heavy (non-hydrogen) atoms. The molecule has 184 valence electrons. The van der Waals surface area contributed by atoms with Crippen molar-refractivity contribution in [3.05, 3.63) is 28.9 Å². The van der Waals surface area contributed by atoms with Crippen molar-refractivity contribution in [1.82, 2.24) is 19.3 Å². The van der Waals surface area contributed by atoms with Gasteiger partial charge in [-0.2, -0.15) is 5.10 Å². The topological polar surface area (TPSA) is 143 Å². The molecule has 0 spiro atoms. The van der Waals surface area contributed by atoms with E-state index in [-0.39, 0.29) is 22.8 Å². The van der Waals surface area contributed by atoms with Gasteiger partial charge in [0.2, 0.25) is 15.0 Å². The number of aliphatic hydroxyl groups is 1. The number of sulfonamides is 1. The molecular formula is C22H28N4O6S2. The number of aliphatic carboxylic acids is 1. The predicted octanol–water partition coefficient (Wildman–Crippen LogP) is 2.72. The summed E-state index contributed by atoms with van der Waals surface area (Å²) in [7, 11) is -2.50. The van der Waals surface area contributed by atoms with Gasteiger partial charge in [0.1, 0.15) is 21.1 Å². The molecule has 0 bridgehead atoms. The first kappa shape index (κ1) is 24.6. The Bertz CT molecular complexity index is 1340. The molecular weight excluding hydrogens is 480 g/mol. The molecule has 2 aromatic heterocycles. The molecule has 3 N–H and O–H groups in total. The predicted molar refractivity (Wildman–Crippen MR) is 127 cm³/mol. The van der Waals surface area contributed by atoms with Crippen LogP contribution in [0.2, 0.25) is 0 Å². The van der Waals surface area contributed by atoms with E-state index in [1.165, 1.54) is 24.5 Å². The van der Waals surface area contributed by atoms with Gasteiger partial charge >= 0.3 is 5.97 Å². The van der Waals surface area contributed by atoms with Crippen molar-refractivity contribution in [3.8, 4) is 17.0 Å². The molecule has 10 nitrogen and oxygen atoms in total. The van der Waals surface area contributed by atoms with Crippen molar-refractivity contribution in [3.63, 3.8) is 0 Å². The number of hydrogen-bond acceptors (Lipinski definition) is 8. The van der Waals surface area contributed by atoms with Crippen LogP contribution in [0.1, 0.15) is 50.2 Å². The van der Waals surface area contributed by atoms with Crippen LogP contribution in [0.3, 0.4) is 0 Å². The third-order valence-electron chi connectivity index (χ3n) is 6.19. The van der Waals surface area contributed by atoms with Crippen molar-refractivity contribution in [1.29, 1.82) is 0 Å². The summed E-state index contributed by atoms with van der Waals surface area (Å²) in [4.78, 5) is 16.7. The Morgan fingerprint density at radius 1 is 1.26 bits per heavy atom. The van der Waals surface area contributed by atoms with Crippen molar-refractivity contribution in [2.45, 2.75) is 68.9 Å². The highest BCUT2D eigenvalue weighted by Gasteiger charge is 2.35. The number of fused-ring (bicyclic) bond motifs is 1. The highest BCUT2D eigenvalue weighted by atomic mass is 32.2. The molecule has 1 aliphatic carbocycles. The molecule has 1 fully saturated rings. The molecule has 2 heterocycles. The molecule has 0 radical (unpaired) electrons. The molecule has 4 rings (SSSR count). The number of carboxylic acids is 1. The van der Waals surface area contributed by atoms with Crippen molar-refractivity contribution >= 4 is 32.3 Å². The second-order valence-electron chi connectivity index (χ2n) is 9.07. The maximum atomic E-state index is 13.3. The monoisotopic (exact) mass is 508 g/mol. The van der Waals surface area contributed by atoms with Crippen LogP contribution in [0.15, 0.2) is 23.1 Å². The summed E-state index contributed by atoms with van der Waals surface area (Å²) < 4.78 is 36.2. The number of methoxy groups -OCH3 is 1. The molecule has 0 saturated heterocycles. The molecule has 0 unspecified atom stereocenters. The zero-order chi connectivity index (χ0) is 24.8. The van der Waals surface area contributed by atoms with E-state index in [0.717, 1.165) is 0 Å². The van der Waals surface area contributed by atoms with Gasteiger partial charge in [-0.25, -0.2) is 22.6 Å². The molecule has 12 heteroatoms. The second kappa shape index (κ2) is 8.91. The minimum Gasteiger partial charge on any atom is -0.495 e. The summed E-state index contributed by atoms with van der Waals surface area (Å²) in [5, 5.41) is 24.2. The number of carboxylic acid groups (broad SMARTS) is 1. The normalized spacial score (nSPS) is 19.4. The van der Waals surface area contributed by atoms with Crippen LogP contribution in [0.5, 0.6) is 5.75 Å². The fourth-order valence-corrected chi connectivity index (χ4v) is 6.57. The Morgan fingerprint density at radius 3 is 2.56 bits per heavy atom. The smallest absolute Gasteiger partial charge is 0.316 e. The lowest BCUT2D eigenvalue weighted by atomic mass is 9.94. The summed E-state index contributed by atoms with van der Waals surface area (Å²) in [5.41, 5.74) is 0.595. The lowest BCUT2D eigenvalue weighted by Crippen LogP contribution is -2.38. The largest absolute Gasteiger partial charge is 0.495 e. The number of aryl methyl sites for hydroxylation is 1. The summed E-state index contributed by atoms with van der Waals surface area (Å²) in [6.07, 6.45) is 1.84. The third kappa shape index (κ3) is 4.42. The first-order valence-corrected chi connectivity index (χ1v) is 13.2. The fourth-order valence-electron chi connectivity index (χ4n) is 4.04.